The van der Waals surface area contributed by atoms with Gasteiger partial charge in [-0.05, 0) is 42.7 Å². The Morgan fingerprint density at radius 3 is 2.73 bits per heavy atom. The number of nitrogens with one attached hydrogen (secondary N) is 1. The summed E-state index contributed by atoms with van der Waals surface area (Å²) in [6.07, 6.45) is 3.06. The van der Waals surface area contributed by atoms with Gasteiger partial charge in [0.1, 0.15) is 11.7 Å². The molecule has 0 bridgehead atoms. The monoisotopic (exact) mass is 426 g/mol. The van der Waals surface area contributed by atoms with Gasteiger partial charge in [0.2, 0.25) is 5.91 Å². The van der Waals surface area contributed by atoms with Crippen LogP contribution in [0.4, 0.5) is 15.8 Å². The molecule has 0 saturated heterocycles. The lowest BCUT2D eigenvalue weighted by molar-refractivity contribution is -0.119. The number of nitrogens with zero attached hydrogens (tertiary/aromatic N) is 2. The zero-order valence-corrected chi connectivity index (χ0v) is 16.9. The van der Waals surface area contributed by atoms with E-state index in [0.29, 0.717) is 29.1 Å². The highest BCUT2D eigenvalue weighted by Crippen LogP contribution is 2.44. The van der Waals surface area contributed by atoms with Crippen molar-refractivity contribution in [2.45, 2.75) is 19.3 Å². The van der Waals surface area contributed by atoms with E-state index >= 15 is 0 Å². The van der Waals surface area contributed by atoms with E-state index in [0.717, 1.165) is 25.3 Å². The molecular formula is C21H20FN4O3P. The summed E-state index contributed by atoms with van der Waals surface area (Å²) < 4.78 is 31.0. The van der Waals surface area contributed by atoms with Crippen molar-refractivity contribution in [3.05, 3.63) is 53.8 Å². The maximum atomic E-state index is 13.9. The van der Waals surface area contributed by atoms with Gasteiger partial charge >= 0.3 is 0 Å². The van der Waals surface area contributed by atoms with Gasteiger partial charge in [0.25, 0.3) is 7.44 Å². The number of benzene rings is 2. The zero-order chi connectivity index (χ0) is 21.0. The molecule has 1 saturated carbocycles. The normalized spacial score (nSPS) is 25.3. The largest absolute Gasteiger partial charge is 0.342 e. The smallest absolute Gasteiger partial charge is 0.285 e. The highest BCUT2D eigenvalue weighted by molar-refractivity contribution is 7.68. The van der Waals surface area contributed by atoms with Crippen LogP contribution in [0.3, 0.4) is 0 Å². The fourth-order valence-corrected chi connectivity index (χ4v) is 5.41. The zero-order valence-electron chi connectivity index (χ0n) is 16.0. The SMILES string of the molecule is NP1(=O)N=C(C2C(=O)c3cc(F)ccc3N(CCC3CC3)C2=O)Nc2ccccc21. The molecule has 3 aliphatic rings. The number of nitrogens with two attached hydrogens (primary N) is 1. The van der Waals surface area contributed by atoms with Crippen molar-refractivity contribution >= 4 is 41.6 Å². The number of carbonyl (C=O) groups is 2. The van der Waals surface area contributed by atoms with Crippen LogP contribution in [0.15, 0.2) is 47.2 Å². The van der Waals surface area contributed by atoms with E-state index in [9.17, 15) is 18.5 Å². The molecule has 9 heteroatoms. The second kappa shape index (κ2) is 6.86. The third-order valence-electron chi connectivity index (χ3n) is 5.79. The maximum Gasteiger partial charge on any atom is 0.285 e. The maximum absolute atomic E-state index is 13.9. The predicted molar refractivity (Wildman–Crippen MR) is 113 cm³/mol. The number of fused-ring (bicyclic) bond motifs is 2. The predicted octanol–water partition coefficient (Wildman–Crippen LogP) is 3.07. The molecule has 1 fully saturated rings. The fourth-order valence-electron chi connectivity index (χ4n) is 4.04. The van der Waals surface area contributed by atoms with Gasteiger partial charge in [0.05, 0.1) is 16.7 Å². The van der Waals surface area contributed by atoms with Crippen LogP contribution in [-0.4, -0.2) is 24.1 Å². The molecule has 30 heavy (non-hydrogen) atoms. The lowest BCUT2D eigenvalue weighted by Crippen LogP contribution is -2.51. The Hall–Kier alpha value is -2.83. The number of anilines is 2. The molecule has 7 nitrogen and oxygen atoms in total. The first-order chi connectivity index (χ1) is 14.3. The number of carbonyl (C=O) groups excluding carboxylic acids is 2. The van der Waals surface area contributed by atoms with E-state index < -0.39 is 30.9 Å². The fraction of sp³-hybridized carbons (Fsp3) is 0.286. The van der Waals surface area contributed by atoms with Crippen LogP contribution < -0.4 is 21.0 Å². The van der Waals surface area contributed by atoms with Gasteiger partial charge in [0.15, 0.2) is 11.7 Å². The lowest BCUT2D eigenvalue weighted by Gasteiger charge is -2.35. The Morgan fingerprint density at radius 2 is 1.97 bits per heavy atom. The lowest BCUT2D eigenvalue weighted by atomic mass is 9.88. The summed E-state index contributed by atoms with van der Waals surface area (Å²) in [5.74, 6) is -2.44. The Balaban J connectivity index is 1.58. The molecule has 0 spiro atoms. The highest BCUT2D eigenvalue weighted by Gasteiger charge is 2.45. The van der Waals surface area contributed by atoms with E-state index in [1.165, 1.54) is 17.0 Å². The first kappa shape index (κ1) is 19.2. The minimum absolute atomic E-state index is 0.0548. The van der Waals surface area contributed by atoms with Crippen LogP contribution in [0.25, 0.3) is 0 Å². The molecule has 2 aromatic carbocycles. The van der Waals surface area contributed by atoms with E-state index in [-0.39, 0.29) is 11.4 Å². The Morgan fingerprint density at radius 1 is 1.20 bits per heavy atom. The summed E-state index contributed by atoms with van der Waals surface area (Å²) in [7, 11) is -3.66. The van der Waals surface area contributed by atoms with Crippen LogP contribution in [0.1, 0.15) is 29.6 Å². The first-order valence-electron chi connectivity index (χ1n) is 9.85. The summed E-state index contributed by atoms with van der Waals surface area (Å²) >= 11 is 0. The number of para-hydroxylation sites is 1. The van der Waals surface area contributed by atoms with Crippen LogP contribution in [-0.2, 0) is 9.36 Å². The number of hydrogen-bond acceptors (Lipinski definition) is 4. The number of amidine groups is 1. The molecule has 2 aliphatic heterocycles. The molecule has 1 amide bonds. The number of rotatable bonds is 4. The second-order valence-corrected chi connectivity index (χ2v) is 9.86. The Labute approximate surface area is 172 Å². The molecule has 0 radical (unpaired) electrons. The van der Waals surface area contributed by atoms with Gasteiger partial charge in [-0.1, -0.05) is 25.0 Å². The van der Waals surface area contributed by atoms with Crippen LogP contribution >= 0.6 is 7.44 Å². The van der Waals surface area contributed by atoms with Gasteiger partial charge in [-0.25, -0.2) is 4.39 Å². The Bertz CT molecular complexity index is 1160. The summed E-state index contributed by atoms with van der Waals surface area (Å²) in [6, 6.07) is 10.5. The van der Waals surface area contributed by atoms with E-state index in [2.05, 4.69) is 10.1 Å². The molecule has 2 atom stereocenters. The van der Waals surface area contributed by atoms with Crippen molar-refractivity contribution in [2.75, 3.05) is 16.8 Å². The van der Waals surface area contributed by atoms with Crippen molar-refractivity contribution in [1.29, 1.82) is 0 Å². The Kier molecular flexibility index (Phi) is 4.38. The standard InChI is InChI=1S/C21H20FN4O3P/c22-13-7-8-16-14(11-13)19(27)18(21(28)26(16)10-9-12-5-6-12)20-24-15-3-1-2-4-17(15)30(23,29)25-20/h1-4,7-8,11-12,18H,5-6,9-10H2,(H3,23,24,25,29). The second-order valence-electron chi connectivity index (χ2n) is 7.93. The minimum atomic E-state index is -3.66. The quantitative estimate of drug-likeness (QED) is 0.578. The average molecular weight is 426 g/mol. The highest BCUT2D eigenvalue weighted by atomic mass is 31.2. The molecule has 5 rings (SSSR count). The molecule has 2 aromatic rings. The van der Waals surface area contributed by atoms with E-state index in [1.54, 1.807) is 24.3 Å². The van der Waals surface area contributed by atoms with Crippen LogP contribution in [0.2, 0.25) is 0 Å². The van der Waals surface area contributed by atoms with Crippen molar-refractivity contribution in [3.63, 3.8) is 0 Å². The van der Waals surface area contributed by atoms with Crippen molar-refractivity contribution in [1.82, 2.24) is 0 Å². The first-order valence-corrected chi connectivity index (χ1v) is 11.6. The average Bonchev–Trinajstić information content (AvgIpc) is 3.52. The molecule has 2 heterocycles. The summed E-state index contributed by atoms with van der Waals surface area (Å²) in [5.41, 5.74) is 6.93. The van der Waals surface area contributed by atoms with E-state index in [1.807, 2.05) is 0 Å². The van der Waals surface area contributed by atoms with Crippen molar-refractivity contribution < 1.29 is 18.5 Å². The molecule has 0 aromatic heterocycles. The summed E-state index contributed by atoms with van der Waals surface area (Å²) in [5, 5.41) is 3.30. The molecule has 1 aliphatic carbocycles. The molecule has 154 valence electrons. The van der Waals surface area contributed by atoms with Crippen molar-refractivity contribution in [2.24, 2.45) is 22.1 Å². The van der Waals surface area contributed by atoms with Crippen LogP contribution in [0, 0.1) is 17.7 Å². The van der Waals surface area contributed by atoms with Gasteiger partial charge in [-0.15, -0.1) is 0 Å². The van der Waals surface area contributed by atoms with Gasteiger partial charge < -0.3 is 10.2 Å². The van der Waals surface area contributed by atoms with Crippen LogP contribution in [0.5, 0.6) is 0 Å². The third kappa shape index (κ3) is 3.16. The van der Waals surface area contributed by atoms with Gasteiger partial charge in [-0.3, -0.25) is 19.7 Å². The topological polar surface area (TPSA) is 105 Å². The number of ketones is 1. The van der Waals surface area contributed by atoms with Gasteiger partial charge in [-0.2, -0.15) is 4.76 Å². The molecule has 2 unspecified atom stereocenters. The van der Waals surface area contributed by atoms with E-state index in [4.69, 9.17) is 5.50 Å². The van der Waals surface area contributed by atoms with Gasteiger partial charge in [0, 0.05) is 12.1 Å². The number of hydrogen-bond donors (Lipinski definition) is 2. The summed E-state index contributed by atoms with van der Waals surface area (Å²) in [6.45, 7) is 0.427. The number of amides is 1. The van der Waals surface area contributed by atoms with Crippen molar-refractivity contribution in [3.8, 4) is 0 Å². The number of halogens is 1. The minimum Gasteiger partial charge on any atom is -0.342 e. The summed E-state index contributed by atoms with van der Waals surface area (Å²) in [4.78, 5) is 28.2. The number of Topliss-reactive ketones (excluding diaryl/α,β-unsaturated/α-hetero) is 1. The third-order valence-corrected chi connectivity index (χ3v) is 7.38. The molecular weight excluding hydrogens is 406 g/mol. The molecule has 3 N–H and O–H groups in total.